The number of carbonyl (C=O) groups excluding carboxylic acids is 1. The number of aromatic nitrogens is 3. The van der Waals surface area contributed by atoms with Crippen LogP contribution in [0.5, 0.6) is 11.5 Å². The average molecular weight is 653 g/mol. The van der Waals surface area contributed by atoms with Crippen molar-refractivity contribution in [2.24, 2.45) is 5.10 Å². The Balaban J connectivity index is 1.20. The first-order chi connectivity index (χ1) is 20.9. The van der Waals surface area contributed by atoms with Crippen molar-refractivity contribution in [1.29, 1.82) is 0 Å². The van der Waals surface area contributed by atoms with Crippen LogP contribution in [0.1, 0.15) is 11.1 Å². The molecule has 0 unspecified atom stereocenters. The van der Waals surface area contributed by atoms with Crippen molar-refractivity contribution in [2.75, 3.05) is 12.9 Å². The lowest BCUT2D eigenvalue weighted by atomic mass is 10.2. The lowest BCUT2D eigenvalue weighted by molar-refractivity contribution is -0.118. The minimum absolute atomic E-state index is 0.0645. The highest BCUT2D eigenvalue weighted by molar-refractivity contribution is 7.99. The van der Waals surface area contributed by atoms with E-state index in [0.717, 1.165) is 22.4 Å². The molecule has 218 valence electrons. The minimum atomic E-state index is -0.300. The van der Waals surface area contributed by atoms with Crippen LogP contribution in [0.2, 0.25) is 15.1 Å². The molecule has 0 saturated carbocycles. The fraction of sp³-hybridized carbons (Fsp3) is 0.0968. The third-order valence-corrected chi connectivity index (χ3v) is 7.86. The van der Waals surface area contributed by atoms with Crippen LogP contribution in [0.25, 0.3) is 17.1 Å². The van der Waals surface area contributed by atoms with Gasteiger partial charge in [0.2, 0.25) is 0 Å². The van der Waals surface area contributed by atoms with Crippen LogP contribution in [0.15, 0.2) is 101 Å². The van der Waals surface area contributed by atoms with Gasteiger partial charge in [-0.3, -0.25) is 9.36 Å². The largest absolute Gasteiger partial charge is 0.496 e. The van der Waals surface area contributed by atoms with Crippen LogP contribution >= 0.6 is 46.6 Å². The van der Waals surface area contributed by atoms with Crippen molar-refractivity contribution in [2.45, 2.75) is 11.8 Å². The van der Waals surface area contributed by atoms with E-state index in [4.69, 9.17) is 44.3 Å². The molecule has 0 radical (unpaired) electrons. The van der Waals surface area contributed by atoms with Gasteiger partial charge in [0.05, 0.1) is 24.6 Å². The summed E-state index contributed by atoms with van der Waals surface area (Å²) in [6.45, 7) is 0.309. The molecular formula is C31H24Cl3N5O3S. The Bertz CT molecular complexity index is 1750. The van der Waals surface area contributed by atoms with E-state index in [1.54, 1.807) is 37.6 Å². The highest BCUT2D eigenvalue weighted by Crippen LogP contribution is 2.33. The third-order valence-electron chi connectivity index (χ3n) is 6.09. The molecule has 12 heteroatoms. The number of amides is 1. The number of benzene rings is 4. The van der Waals surface area contributed by atoms with Crippen molar-refractivity contribution >= 4 is 58.7 Å². The van der Waals surface area contributed by atoms with Crippen LogP contribution in [0.3, 0.4) is 0 Å². The van der Waals surface area contributed by atoms with E-state index in [1.165, 1.54) is 11.8 Å². The predicted molar refractivity (Wildman–Crippen MR) is 172 cm³/mol. The number of hydrogen-bond acceptors (Lipinski definition) is 7. The average Bonchev–Trinajstić information content (AvgIpc) is 3.44. The monoisotopic (exact) mass is 651 g/mol. The van der Waals surface area contributed by atoms with E-state index < -0.39 is 0 Å². The molecule has 1 N–H and O–H groups in total. The van der Waals surface area contributed by atoms with Crippen LogP contribution in [-0.4, -0.2) is 39.7 Å². The number of nitrogens with one attached hydrogen (secondary N) is 1. The van der Waals surface area contributed by atoms with Gasteiger partial charge in [-0.1, -0.05) is 64.8 Å². The van der Waals surface area contributed by atoms with Crippen molar-refractivity contribution in [3.05, 3.63) is 117 Å². The van der Waals surface area contributed by atoms with Gasteiger partial charge in [-0.05, 0) is 78.4 Å². The van der Waals surface area contributed by atoms with Gasteiger partial charge in [-0.2, -0.15) is 5.10 Å². The zero-order chi connectivity index (χ0) is 30.2. The lowest BCUT2D eigenvalue weighted by Gasteiger charge is -2.12. The maximum absolute atomic E-state index is 12.6. The van der Waals surface area contributed by atoms with Gasteiger partial charge >= 0.3 is 0 Å². The smallest absolute Gasteiger partial charge is 0.250 e. The van der Waals surface area contributed by atoms with Gasteiger partial charge in [0.25, 0.3) is 5.91 Å². The quantitative estimate of drug-likeness (QED) is 0.0893. The van der Waals surface area contributed by atoms with Crippen LogP contribution in [0, 0.1) is 0 Å². The Morgan fingerprint density at radius 2 is 1.70 bits per heavy atom. The van der Waals surface area contributed by atoms with Crippen LogP contribution < -0.4 is 14.9 Å². The number of halogens is 3. The Hall–Kier alpha value is -4.02. The molecule has 0 saturated heterocycles. The summed E-state index contributed by atoms with van der Waals surface area (Å²) in [4.78, 5) is 12.6. The minimum Gasteiger partial charge on any atom is -0.496 e. The highest BCUT2D eigenvalue weighted by Gasteiger charge is 2.19. The van der Waals surface area contributed by atoms with Gasteiger partial charge in [0.1, 0.15) is 18.1 Å². The number of carbonyl (C=O) groups is 1. The second kappa shape index (κ2) is 14.4. The number of hydrogen-bond donors (Lipinski definition) is 1. The molecule has 0 aliphatic carbocycles. The molecule has 0 aliphatic rings. The molecule has 43 heavy (non-hydrogen) atoms. The van der Waals surface area contributed by atoms with Crippen LogP contribution in [-0.2, 0) is 11.4 Å². The third kappa shape index (κ3) is 7.88. The van der Waals surface area contributed by atoms with E-state index in [0.29, 0.717) is 44.2 Å². The Kier molecular flexibility index (Phi) is 10.2. The fourth-order valence-corrected chi connectivity index (χ4v) is 5.31. The first-order valence-electron chi connectivity index (χ1n) is 12.9. The topological polar surface area (TPSA) is 90.6 Å². The summed E-state index contributed by atoms with van der Waals surface area (Å²) >= 11 is 19.5. The number of hydrazone groups is 1. The van der Waals surface area contributed by atoms with Gasteiger partial charge in [-0.15, -0.1) is 10.2 Å². The molecule has 8 nitrogen and oxygen atoms in total. The molecule has 4 aromatic carbocycles. The predicted octanol–water partition coefficient (Wildman–Crippen LogP) is 7.72. The van der Waals surface area contributed by atoms with Crippen LogP contribution in [0.4, 0.5) is 0 Å². The summed E-state index contributed by atoms with van der Waals surface area (Å²) in [7, 11) is 1.60. The van der Waals surface area contributed by atoms with Crippen molar-refractivity contribution in [3.8, 4) is 28.6 Å². The van der Waals surface area contributed by atoms with Gasteiger partial charge in [0.15, 0.2) is 11.0 Å². The van der Waals surface area contributed by atoms with Crippen molar-refractivity contribution in [1.82, 2.24) is 20.2 Å². The molecule has 1 amide bonds. The summed E-state index contributed by atoms with van der Waals surface area (Å²) in [5, 5.41) is 15.1. The molecule has 1 aromatic heterocycles. The lowest BCUT2D eigenvalue weighted by Crippen LogP contribution is -2.20. The fourth-order valence-electron chi connectivity index (χ4n) is 3.98. The summed E-state index contributed by atoms with van der Waals surface area (Å²) in [6, 6.07) is 27.4. The number of methoxy groups -OCH3 is 1. The Morgan fingerprint density at radius 3 is 2.44 bits per heavy atom. The molecule has 0 aliphatic heterocycles. The van der Waals surface area contributed by atoms with Crippen molar-refractivity contribution < 1.29 is 14.3 Å². The summed E-state index contributed by atoms with van der Waals surface area (Å²) in [6.07, 6.45) is 1.55. The van der Waals surface area contributed by atoms with E-state index in [-0.39, 0.29) is 11.7 Å². The Morgan fingerprint density at radius 1 is 0.953 bits per heavy atom. The molecule has 0 fully saturated rings. The van der Waals surface area contributed by atoms with E-state index in [1.807, 2.05) is 71.3 Å². The summed E-state index contributed by atoms with van der Waals surface area (Å²) < 4.78 is 13.2. The molecule has 5 aromatic rings. The summed E-state index contributed by atoms with van der Waals surface area (Å²) in [5.41, 5.74) is 5.73. The maximum Gasteiger partial charge on any atom is 0.250 e. The maximum atomic E-state index is 12.6. The van der Waals surface area contributed by atoms with Crippen molar-refractivity contribution in [3.63, 3.8) is 0 Å². The van der Waals surface area contributed by atoms with Gasteiger partial charge < -0.3 is 9.47 Å². The summed E-state index contributed by atoms with van der Waals surface area (Å²) in [5.74, 6) is 1.66. The number of ether oxygens (including phenoxy) is 2. The zero-order valence-corrected chi connectivity index (χ0v) is 25.8. The number of para-hydroxylation sites is 1. The molecular weight excluding hydrogens is 629 g/mol. The first-order valence-corrected chi connectivity index (χ1v) is 15.0. The normalized spacial score (nSPS) is 11.1. The molecule has 5 rings (SSSR count). The van der Waals surface area contributed by atoms with Gasteiger partial charge in [-0.25, -0.2) is 5.43 Å². The number of nitrogens with zero attached hydrogens (tertiary/aromatic N) is 4. The zero-order valence-electron chi connectivity index (χ0n) is 22.7. The first kappa shape index (κ1) is 30.4. The Labute approximate surface area is 267 Å². The SMILES string of the molecule is COc1ccccc1-c1nnc(SCC(=O)N/N=C\c2ccc(OCc3ccc(Cl)cc3Cl)cc2)n1-c1ccc(Cl)cc1. The number of rotatable bonds is 11. The number of thioether (sulfide) groups is 1. The van der Waals surface area contributed by atoms with E-state index in [2.05, 4.69) is 20.7 Å². The molecule has 0 bridgehead atoms. The van der Waals surface area contributed by atoms with E-state index >= 15 is 0 Å². The molecule has 0 atom stereocenters. The van der Waals surface area contributed by atoms with E-state index in [9.17, 15) is 4.79 Å². The second-order valence-corrected chi connectivity index (χ2v) is 11.2. The highest BCUT2D eigenvalue weighted by atomic mass is 35.5. The second-order valence-electron chi connectivity index (χ2n) is 8.99. The molecule has 1 heterocycles. The molecule has 0 spiro atoms. The standard InChI is InChI=1S/C31H24Cl3N5O3S/c1-41-28-5-3-2-4-26(28)30-37-38-31(39(30)24-12-10-22(32)11-13-24)43-19-29(40)36-35-17-20-6-14-25(15-7-20)42-18-21-8-9-23(33)16-27(21)34/h2-17H,18-19H2,1H3,(H,36,40)/b35-17-. The van der Waals surface area contributed by atoms with Gasteiger partial charge in [0, 0.05) is 26.3 Å².